The average Bonchev–Trinajstić information content (AvgIpc) is 2.57. The molecule has 5 nitrogen and oxygen atoms in total. The van der Waals surface area contributed by atoms with Crippen molar-refractivity contribution in [1.29, 1.82) is 0 Å². The Labute approximate surface area is 64.2 Å². The van der Waals surface area contributed by atoms with E-state index in [-0.39, 0.29) is 0 Å². The second-order valence-electron chi connectivity index (χ2n) is 1.88. The van der Waals surface area contributed by atoms with Gasteiger partial charge >= 0.3 is 6.16 Å². The van der Waals surface area contributed by atoms with Crippen LogP contribution in [0.3, 0.4) is 0 Å². The molecule has 2 saturated heterocycles. The second kappa shape index (κ2) is 4.92. The molecule has 2 fully saturated rings. The molecule has 5 heteroatoms. The highest BCUT2D eigenvalue weighted by atomic mass is 16.8. The zero-order chi connectivity index (χ0) is 7.94. The van der Waals surface area contributed by atoms with Gasteiger partial charge in [-0.25, -0.2) is 4.79 Å². The molecule has 2 heterocycles. The SMILES string of the molecule is C1COCO1.O=C1OCCO1. The minimum Gasteiger partial charge on any atom is -0.431 e. The van der Waals surface area contributed by atoms with Crippen molar-refractivity contribution in [2.75, 3.05) is 33.2 Å². The number of hydrogen-bond donors (Lipinski definition) is 0. The summed E-state index contributed by atoms with van der Waals surface area (Å²) in [6.45, 7) is 2.89. The van der Waals surface area contributed by atoms with Crippen molar-refractivity contribution in [3.8, 4) is 0 Å². The normalized spacial score (nSPS) is 21.6. The molecule has 11 heavy (non-hydrogen) atoms. The van der Waals surface area contributed by atoms with Gasteiger partial charge in [0.05, 0.1) is 13.2 Å². The molecule has 0 spiro atoms. The summed E-state index contributed by atoms with van der Waals surface area (Å²) in [7, 11) is 0. The van der Waals surface area contributed by atoms with E-state index in [2.05, 4.69) is 9.47 Å². The van der Waals surface area contributed by atoms with Crippen molar-refractivity contribution in [3.05, 3.63) is 0 Å². The first-order valence-electron chi connectivity index (χ1n) is 3.34. The summed E-state index contributed by atoms with van der Waals surface area (Å²) in [5, 5.41) is 0. The van der Waals surface area contributed by atoms with E-state index < -0.39 is 6.16 Å². The van der Waals surface area contributed by atoms with Crippen LogP contribution in [0.1, 0.15) is 0 Å². The summed E-state index contributed by atoms with van der Waals surface area (Å²) >= 11 is 0. The van der Waals surface area contributed by atoms with Gasteiger partial charge < -0.3 is 18.9 Å². The first-order valence-corrected chi connectivity index (χ1v) is 3.34. The maximum absolute atomic E-state index is 9.80. The van der Waals surface area contributed by atoms with Gasteiger partial charge in [-0.1, -0.05) is 0 Å². The molecule has 0 aromatic heterocycles. The van der Waals surface area contributed by atoms with Crippen LogP contribution in [-0.2, 0) is 18.9 Å². The maximum Gasteiger partial charge on any atom is 0.508 e. The van der Waals surface area contributed by atoms with Gasteiger partial charge in [-0.15, -0.1) is 0 Å². The predicted octanol–water partition coefficient (Wildman–Crippen LogP) is 0.144. The Morgan fingerprint density at radius 1 is 0.909 bits per heavy atom. The zero-order valence-corrected chi connectivity index (χ0v) is 6.08. The standard InChI is InChI=1S/C3H4O3.C3H6O2/c4-3-5-1-2-6-3;1-2-5-3-4-1/h1-2H2;1-3H2. The molecule has 0 saturated carbocycles. The predicted molar refractivity (Wildman–Crippen MR) is 34.1 cm³/mol. The molecule has 0 amide bonds. The lowest BCUT2D eigenvalue weighted by Crippen LogP contribution is -1.88. The Kier molecular flexibility index (Phi) is 3.71. The molecule has 0 bridgehead atoms. The number of carbonyl (C=O) groups is 1. The quantitative estimate of drug-likeness (QED) is 0.474. The highest BCUT2D eigenvalue weighted by Crippen LogP contribution is 1.92. The van der Waals surface area contributed by atoms with E-state index in [0.717, 1.165) is 13.2 Å². The molecule has 0 unspecified atom stereocenters. The Morgan fingerprint density at radius 2 is 1.45 bits per heavy atom. The smallest absolute Gasteiger partial charge is 0.431 e. The van der Waals surface area contributed by atoms with Crippen LogP contribution < -0.4 is 0 Å². The third kappa shape index (κ3) is 3.79. The average molecular weight is 162 g/mol. The molecule has 0 aromatic carbocycles. The van der Waals surface area contributed by atoms with E-state index in [1.54, 1.807) is 0 Å². The van der Waals surface area contributed by atoms with E-state index in [1.165, 1.54) is 0 Å². The molecule has 0 atom stereocenters. The van der Waals surface area contributed by atoms with Gasteiger partial charge in [0.1, 0.15) is 20.0 Å². The lowest BCUT2D eigenvalue weighted by Gasteiger charge is -1.78. The third-order valence-electron chi connectivity index (χ3n) is 1.06. The number of hydrogen-bond acceptors (Lipinski definition) is 5. The van der Waals surface area contributed by atoms with Crippen LogP contribution in [0.2, 0.25) is 0 Å². The second-order valence-corrected chi connectivity index (χ2v) is 1.88. The highest BCUT2D eigenvalue weighted by molar-refractivity contribution is 5.61. The van der Waals surface area contributed by atoms with Gasteiger partial charge in [-0.2, -0.15) is 0 Å². The fourth-order valence-corrected chi connectivity index (χ4v) is 0.586. The van der Waals surface area contributed by atoms with Gasteiger partial charge in [0, 0.05) is 0 Å². The summed E-state index contributed by atoms with van der Waals surface area (Å²) in [5.74, 6) is 0. The summed E-state index contributed by atoms with van der Waals surface area (Å²) in [4.78, 5) is 9.80. The van der Waals surface area contributed by atoms with Crippen molar-refractivity contribution in [2.45, 2.75) is 0 Å². The summed E-state index contributed by atoms with van der Waals surface area (Å²) in [6.07, 6.45) is -0.546. The van der Waals surface area contributed by atoms with Crippen molar-refractivity contribution >= 4 is 6.16 Å². The van der Waals surface area contributed by atoms with E-state index >= 15 is 0 Å². The molecule has 0 N–H and O–H groups in total. The fraction of sp³-hybridized carbons (Fsp3) is 0.833. The minimum atomic E-state index is -0.546. The monoisotopic (exact) mass is 162 g/mol. The zero-order valence-electron chi connectivity index (χ0n) is 6.08. The lowest BCUT2D eigenvalue weighted by molar-refractivity contribution is 0.0692. The largest absolute Gasteiger partial charge is 0.508 e. The van der Waals surface area contributed by atoms with Crippen LogP contribution in [0.15, 0.2) is 0 Å². The molecule has 2 aliphatic rings. The first kappa shape index (κ1) is 8.29. The maximum atomic E-state index is 9.80. The number of rotatable bonds is 0. The summed E-state index contributed by atoms with van der Waals surface area (Å²) in [6, 6.07) is 0. The Balaban J connectivity index is 0.000000112. The molecule has 0 aromatic rings. The minimum absolute atomic E-state index is 0.416. The molecule has 64 valence electrons. The molecule has 0 aliphatic carbocycles. The van der Waals surface area contributed by atoms with Gasteiger partial charge in [0.15, 0.2) is 0 Å². The fourth-order valence-electron chi connectivity index (χ4n) is 0.586. The highest BCUT2D eigenvalue weighted by Gasteiger charge is 2.09. The summed E-state index contributed by atoms with van der Waals surface area (Å²) in [5.41, 5.74) is 0. The van der Waals surface area contributed by atoms with Gasteiger partial charge in [0.25, 0.3) is 0 Å². The van der Waals surface area contributed by atoms with Crippen LogP contribution in [0, 0.1) is 0 Å². The summed E-state index contributed by atoms with van der Waals surface area (Å²) < 4.78 is 18.0. The Bertz CT molecular complexity index is 105. The van der Waals surface area contributed by atoms with Crippen molar-refractivity contribution in [1.82, 2.24) is 0 Å². The van der Waals surface area contributed by atoms with Gasteiger partial charge in [-0.05, 0) is 0 Å². The van der Waals surface area contributed by atoms with E-state index in [4.69, 9.17) is 9.47 Å². The van der Waals surface area contributed by atoms with Crippen LogP contribution in [0.4, 0.5) is 4.79 Å². The van der Waals surface area contributed by atoms with Crippen molar-refractivity contribution in [3.63, 3.8) is 0 Å². The molecular weight excluding hydrogens is 152 g/mol. The number of cyclic esters (lactones) is 2. The lowest BCUT2D eigenvalue weighted by atomic mass is 10.8. The van der Waals surface area contributed by atoms with Crippen LogP contribution in [-0.4, -0.2) is 39.4 Å². The van der Waals surface area contributed by atoms with Gasteiger partial charge in [-0.3, -0.25) is 0 Å². The number of carbonyl (C=O) groups excluding carboxylic acids is 1. The topological polar surface area (TPSA) is 54.0 Å². The van der Waals surface area contributed by atoms with Crippen LogP contribution in [0.5, 0.6) is 0 Å². The molecule has 2 aliphatic heterocycles. The van der Waals surface area contributed by atoms with Crippen molar-refractivity contribution < 1.29 is 23.7 Å². The van der Waals surface area contributed by atoms with Gasteiger partial charge in [0.2, 0.25) is 0 Å². The van der Waals surface area contributed by atoms with Crippen molar-refractivity contribution in [2.24, 2.45) is 0 Å². The molecule has 0 radical (unpaired) electrons. The Hall–Kier alpha value is -0.810. The first-order chi connectivity index (χ1) is 5.39. The van der Waals surface area contributed by atoms with E-state index in [0.29, 0.717) is 20.0 Å². The van der Waals surface area contributed by atoms with Crippen LogP contribution in [0.25, 0.3) is 0 Å². The third-order valence-corrected chi connectivity index (χ3v) is 1.06. The number of ether oxygens (including phenoxy) is 4. The molecule has 2 rings (SSSR count). The van der Waals surface area contributed by atoms with E-state index in [9.17, 15) is 4.79 Å². The molecular formula is C6H10O5. The van der Waals surface area contributed by atoms with Crippen LogP contribution >= 0.6 is 0 Å². The van der Waals surface area contributed by atoms with E-state index in [1.807, 2.05) is 0 Å². The Morgan fingerprint density at radius 3 is 1.64 bits per heavy atom.